The summed E-state index contributed by atoms with van der Waals surface area (Å²) in [6.45, 7) is 0. The summed E-state index contributed by atoms with van der Waals surface area (Å²) in [5.41, 5.74) is -0.0556. The van der Waals surface area contributed by atoms with E-state index in [0.29, 0.717) is 34.0 Å². The van der Waals surface area contributed by atoms with E-state index < -0.39 is 11.4 Å². The smallest absolute Gasteiger partial charge is 0.270 e. The maximum atomic E-state index is 13.2. The van der Waals surface area contributed by atoms with E-state index in [9.17, 15) is 9.59 Å². The van der Waals surface area contributed by atoms with Crippen LogP contribution in [0.2, 0.25) is 5.02 Å². The van der Waals surface area contributed by atoms with Crippen molar-refractivity contribution in [3.8, 4) is 5.82 Å². The van der Waals surface area contributed by atoms with Gasteiger partial charge in [-0.05, 0) is 53.0 Å². The Bertz CT molecular complexity index is 1080. The Balaban J connectivity index is 1.62. The number of nitrogens with zero attached hydrogens (tertiary/aromatic N) is 3. The van der Waals surface area contributed by atoms with Gasteiger partial charge < -0.3 is 10.6 Å². The molecule has 0 radical (unpaired) electrons. The molecular weight excluding hydrogens is 470 g/mol. The van der Waals surface area contributed by atoms with Crippen LogP contribution in [0.4, 0.5) is 5.69 Å². The molecule has 0 bridgehead atoms. The highest BCUT2D eigenvalue weighted by molar-refractivity contribution is 9.10. The van der Waals surface area contributed by atoms with Crippen molar-refractivity contribution >= 4 is 45.0 Å². The third-order valence-corrected chi connectivity index (χ3v) is 5.81. The van der Waals surface area contributed by atoms with Crippen molar-refractivity contribution in [3.05, 3.63) is 70.0 Å². The number of hydrogen-bond donors (Lipinski definition) is 2. The van der Waals surface area contributed by atoms with Crippen LogP contribution in [-0.4, -0.2) is 32.1 Å². The van der Waals surface area contributed by atoms with Gasteiger partial charge in [-0.15, -0.1) is 0 Å². The minimum Gasteiger partial charge on any atom is -0.336 e. The van der Waals surface area contributed by atoms with Crippen LogP contribution in [0.1, 0.15) is 36.2 Å². The Kier molecular flexibility index (Phi) is 5.87. The predicted octanol–water partition coefficient (Wildman–Crippen LogP) is 4.36. The van der Waals surface area contributed by atoms with Gasteiger partial charge in [-0.3, -0.25) is 9.59 Å². The second-order valence-corrected chi connectivity index (χ2v) is 8.36. The van der Waals surface area contributed by atoms with Crippen LogP contribution in [0, 0.1) is 0 Å². The Labute approximate surface area is 187 Å². The number of nitrogens with one attached hydrogen (secondary N) is 2. The van der Waals surface area contributed by atoms with Crippen molar-refractivity contribution < 1.29 is 9.59 Å². The summed E-state index contributed by atoms with van der Waals surface area (Å²) in [5, 5.41) is 10.5. The Morgan fingerprint density at radius 1 is 1.10 bits per heavy atom. The summed E-state index contributed by atoms with van der Waals surface area (Å²) >= 11 is 9.56. The molecule has 1 aliphatic carbocycles. The molecule has 7 nitrogen and oxygen atoms in total. The molecule has 2 heterocycles. The van der Waals surface area contributed by atoms with Crippen LogP contribution in [0.5, 0.6) is 0 Å². The van der Waals surface area contributed by atoms with Gasteiger partial charge in [-0.2, -0.15) is 5.10 Å². The van der Waals surface area contributed by atoms with E-state index in [-0.39, 0.29) is 11.6 Å². The minimum atomic E-state index is -0.984. The molecule has 1 aromatic carbocycles. The number of aromatic nitrogens is 3. The Hall–Kier alpha value is -2.71. The van der Waals surface area contributed by atoms with Crippen LogP contribution < -0.4 is 10.6 Å². The number of para-hydroxylation sites is 1. The molecule has 2 N–H and O–H groups in total. The third-order valence-electron chi connectivity index (χ3n) is 5.13. The van der Waals surface area contributed by atoms with E-state index >= 15 is 0 Å². The van der Waals surface area contributed by atoms with Crippen LogP contribution in [0.15, 0.2) is 59.3 Å². The first-order valence-electron chi connectivity index (χ1n) is 9.54. The summed E-state index contributed by atoms with van der Waals surface area (Å²) in [4.78, 5) is 30.6. The predicted molar refractivity (Wildman–Crippen MR) is 118 cm³/mol. The SMILES string of the molecule is O=C(NC1(C(=O)Nc2ccccc2)CCCC1)c1cc(Br)nn1-c1ncccc1Cl. The number of pyridine rings is 1. The molecule has 2 aromatic heterocycles. The van der Waals surface area contributed by atoms with Crippen molar-refractivity contribution in [1.82, 2.24) is 20.1 Å². The van der Waals surface area contributed by atoms with Crippen molar-refractivity contribution in [2.45, 2.75) is 31.2 Å². The lowest BCUT2D eigenvalue weighted by atomic mass is 9.95. The third kappa shape index (κ3) is 4.11. The lowest BCUT2D eigenvalue weighted by Crippen LogP contribution is -2.55. The van der Waals surface area contributed by atoms with Gasteiger partial charge >= 0.3 is 0 Å². The molecule has 0 spiro atoms. The molecule has 0 unspecified atom stereocenters. The molecule has 0 aliphatic heterocycles. The molecule has 4 rings (SSSR count). The Morgan fingerprint density at radius 3 is 2.53 bits per heavy atom. The molecular formula is C21H19BrClN5O2. The number of amides is 2. The molecule has 3 aromatic rings. The second kappa shape index (κ2) is 8.57. The van der Waals surface area contributed by atoms with Gasteiger partial charge in [-0.25, -0.2) is 9.67 Å². The van der Waals surface area contributed by atoms with Gasteiger partial charge in [0.2, 0.25) is 5.91 Å². The molecule has 9 heteroatoms. The summed E-state index contributed by atoms with van der Waals surface area (Å²) in [6, 6.07) is 14.2. The molecule has 30 heavy (non-hydrogen) atoms. The zero-order valence-electron chi connectivity index (χ0n) is 15.9. The molecule has 0 saturated heterocycles. The van der Waals surface area contributed by atoms with E-state index in [1.807, 2.05) is 30.3 Å². The maximum absolute atomic E-state index is 13.2. The van der Waals surface area contributed by atoms with E-state index in [4.69, 9.17) is 11.6 Å². The molecule has 1 saturated carbocycles. The van der Waals surface area contributed by atoms with Crippen molar-refractivity contribution in [2.24, 2.45) is 0 Å². The zero-order chi connectivity index (χ0) is 21.1. The first-order chi connectivity index (χ1) is 14.5. The Morgan fingerprint density at radius 2 is 1.83 bits per heavy atom. The average molecular weight is 489 g/mol. The largest absolute Gasteiger partial charge is 0.336 e. The molecule has 154 valence electrons. The van der Waals surface area contributed by atoms with Crippen molar-refractivity contribution in [1.29, 1.82) is 0 Å². The fraction of sp³-hybridized carbons (Fsp3) is 0.238. The standard InChI is InChI=1S/C21H19BrClN5O2/c22-17-13-16(28(27-17)18-15(23)9-6-12-24-18)19(29)26-21(10-4-5-11-21)20(30)25-14-7-2-1-3-8-14/h1-3,6-9,12-13H,4-5,10-11H2,(H,25,30)(H,26,29). The number of benzene rings is 1. The topological polar surface area (TPSA) is 88.9 Å². The van der Waals surface area contributed by atoms with Gasteiger partial charge in [0.15, 0.2) is 5.82 Å². The lowest BCUT2D eigenvalue weighted by Gasteiger charge is -2.29. The number of halogens is 2. The summed E-state index contributed by atoms with van der Waals surface area (Å²) in [7, 11) is 0. The van der Waals surface area contributed by atoms with Crippen LogP contribution in [0.3, 0.4) is 0 Å². The van der Waals surface area contributed by atoms with E-state index in [0.717, 1.165) is 12.8 Å². The highest BCUT2D eigenvalue weighted by Gasteiger charge is 2.43. The van der Waals surface area contributed by atoms with Crippen LogP contribution >= 0.6 is 27.5 Å². The molecule has 1 aliphatic rings. The van der Waals surface area contributed by atoms with E-state index in [1.54, 1.807) is 24.4 Å². The van der Waals surface area contributed by atoms with Gasteiger partial charge in [0, 0.05) is 18.0 Å². The van der Waals surface area contributed by atoms with Gasteiger partial charge in [-0.1, -0.05) is 42.6 Å². The molecule has 2 amide bonds. The van der Waals surface area contributed by atoms with Gasteiger partial charge in [0.1, 0.15) is 15.8 Å². The number of hydrogen-bond acceptors (Lipinski definition) is 4. The average Bonchev–Trinajstić information content (AvgIpc) is 3.36. The fourth-order valence-electron chi connectivity index (χ4n) is 3.65. The number of rotatable bonds is 5. The normalized spacial score (nSPS) is 15.0. The number of anilines is 1. The summed E-state index contributed by atoms with van der Waals surface area (Å²) in [6.07, 6.45) is 4.42. The lowest BCUT2D eigenvalue weighted by molar-refractivity contribution is -0.122. The van der Waals surface area contributed by atoms with E-state index in [2.05, 4.69) is 36.6 Å². The fourth-order valence-corrected chi connectivity index (χ4v) is 4.23. The first kappa shape index (κ1) is 20.6. The van der Waals surface area contributed by atoms with Crippen LogP contribution in [0.25, 0.3) is 5.82 Å². The van der Waals surface area contributed by atoms with Gasteiger partial charge in [0.05, 0.1) is 5.02 Å². The zero-order valence-corrected chi connectivity index (χ0v) is 18.3. The minimum absolute atomic E-state index is 0.222. The first-order valence-corrected chi connectivity index (χ1v) is 10.7. The van der Waals surface area contributed by atoms with Gasteiger partial charge in [0.25, 0.3) is 5.91 Å². The quantitative estimate of drug-likeness (QED) is 0.558. The summed E-state index contributed by atoms with van der Waals surface area (Å²) < 4.78 is 1.84. The monoisotopic (exact) mass is 487 g/mol. The van der Waals surface area contributed by atoms with Crippen LogP contribution in [-0.2, 0) is 4.79 Å². The maximum Gasteiger partial charge on any atom is 0.270 e. The van der Waals surface area contributed by atoms with Crippen molar-refractivity contribution in [3.63, 3.8) is 0 Å². The molecule has 1 fully saturated rings. The highest BCUT2D eigenvalue weighted by atomic mass is 79.9. The number of carbonyl (C=O) groups is 2. The highest BCUT2D eigenvalue weighted by Crippen LogP contribution is 2.32. The number of carbonyl (C=O) groups excluding carboxylic acids is 2. The van der Waals surface area contributed by atoms with E-state index in [1.165, 1.54) is 4.68 Å². The molecule has 0 atom stereocenters. The van der Waals surface area contributed by atoms with Crippen molar-refractivity contribution in [2.75, 3.05) is 5.32 Å². The second-order valence-electron chi connectivity index (χ2n) is 7.14. The summed E-state index contributed by atoms with van der Waals surface area (Å²) in [5.74, 6) is -0.301.